The molecular formula is C18H24N4O3S. The van der Waals surface area contributed by atoms with Crippen molar-refractivity contribution in [1.29, 1.82) is 0 Å². The maximum atomic E-state index is 12.5. The van der Waals surface area contributed by atoms with Gasteiger partial charge in [-0.15, -0.1) is 10.2 Å². The van der Waals surface area contributed by atoms with Gasteiger partial charge in [0, 0.05) is 24.6 Å². The van der Waals surface area contributed by atoms with E-state index in [1.54, 1.807) is 14.2 Å². The summed E-state index contributed by atoms with van der Waals surface area (Å²) in [5.74, 6) is 1.87. The third-order valence-electron chi connectivity index (χ3n) is 4.55. The molecule has 2 aromatic rings. The number of methoxy groups -OCH3 is 2. The first-order valence-electron chi connectivity index (χ1n) is 8.70. The Labute approximate surface area is 157 Å². The molecule has 1 aromatic heterocycles. The minimum absolute atomic E-state index is 0.0670. The first-order chi connectivity index (χ1) is 12.6. The van der Waals surface area contributed by atoms with Crippen molar-refractivity contribution in [3.8, 4) is 11.5 Å². The summed E-state index contributed by atoms with van der Waals surface area (Å²) in [6.07, 6.45) is 1.76. The summed E-state index contributed by atoms with van der Waals surface area (Å²) < 4.78 is 10.8. The van der Waals surface area contributed by atoms with Crippen molar-refractivity contribution in [3.63, 3.8) is 0 Å². The number of amides is 2. The number of aryl methyl sites for hydroxylation is 1. The first-order valence-corrected chi connectivity index (χ1v) is 9.52. The van der Waals surface area contributed by atoms with Gasteiger partial charge in [-0.25, -0.2) is 4.79 Å². The molecule has 0 bridgehead atoms. The van der Waals surface area contributed by atoms with Crippen LogP contribution >= 0.6 is 11.3 Å². The number of hydrogen-bond donors (Lipinski definition) is 1. The predicted molar refractivity (Wildman–Crippen MR) is 100.0 cm³/mol. The molecule has 7 nitrogen and oxygen atoms in total. The number of carbonyl (C=O) groups is 1. The lowest BCUT2D eigenvalue weighted by Gasteiger charge is -2.18. The van der Waals surface area contributed by atoms with Gasteiger partial charge in [-0.1, -0.05) is 18.3 Å². The number of ether oxygens (including phenoxy) is 2. The average Bonchev–Trinajstić information content (AvgIpc) is 3.35. The van der Waals surface area contributed by atoms with E-state index in [1.165, 1.54) is 11.3 Å². The maximum absolute atomic E-state index is 12.5. The minimum Gasteiger partial charge on any atom is -0.497 e. The van der Waals surface area contributed by atoms with Gasteiger partial charge in [-0.3, -0.25) is 0 Å². The van der Waals surface area contributed by atoms with E-state index in [-0.39, 0.29) is 11.9 Å². The number of hydrogen-bond acceptors (Lipinski definition) is 6. The summed E-state index contributed by atoms with van der Waals surface area (Å²) >= 11 is 1.54. The second kappa shape index (κ2) is 8.35. The van der Waals surface area contributed by atoms with Crippen LogP contribution in [0.2, 0.25) is 0 Å². The number of likely N-dealkylation sites (tertiary alicyclic amines) is 1. The zero-order valence-electron chi connectivity index (χ0n) is 15.3. The highest BCUT2D eigenvalue weighted by atomic mass is 32.1. The SMILES string of the molecule is CCc1nnc(CNC(=O)N2CCC(c3cc(OC)ccc3OC)C2)s1. The fraction of sp³-hybridized carbons (Fsp3) is 0.500. The quantitative estimate of drug-likeness (QED) is 0.839. The van der Waals surface area contributed by atoms with Crippen molar-refractivity contribution in [2.24, 2.45) is 0 Å². The molecule has 1 unspecified atom stereocenters. The molecule has 1 saturated heterocycles. The topological polar surface area (TPSA) is 76.6 Å². The highest BCUT2D eigenvalue weighted by Crippen LogP contribution is 2.35. The maximum Gasteiger partial charge on any atom is 0.317 e. The third kappa shape index (κ3) is 4.07. The number of carbonyl (C=O) groups excluding carboxylic acids is 1. The normalized spacial score (nSPS) is 16.6. The molecule has 1 atom stereocenters. The smallest absolute Gasteiger partial charge is 0.317 e. The van der Waals surface area contributed by atoms with Crippen molar-refractivity contribution >= 4 is 17.4 Å². The molecule has 1 aliphatic rings. The van der Waals surface area contributed by atoms with Crippen molar-refractivity contribution < 1.29 is 14.3 Å². The van der Waals surface area contributed by atoms with Crippen LogP contribution in [0, 0.1) is 0 Å². The van der Waals surface area contributed by atoms with Crippen LogP contribution < -0.4 is 14.8 Å². The summed E-state index contributed by atoms with van der Waals surface area (Å²) in [5, 5.41) is 12.9. The van der Waals surface area contributed by atoms with E-state index >= 15 is 0 Å². The van der Waals surface area contributed by atoms with Gasteiger partial charge in [-0.2, -0.15) is 0 Å². The van der Waals surface area contributed by atoms with Gasteiger partial charge < -0.3 is 19.7 Å². The predicted octanol–water partition coefficient (Wildman–Crippen LogP) is 2.82. The van der Waals surface area contributed by atoms with Crippen LogP contribution in [0.3, 0.4) is 0 Å². The van der Waals surface area contributed by atoms with E-state index in [2.05, 4.69) is 15.5 Å². The number of benzene rings is 1. The van der Waals surface area contributed by atoms with Gasteiger partial charge in [0.1, 0.15) is 21.5 Å². The molecular weight excluding hydrogens is 352 g/mol. The zero-order valence-corrected chi connectivity index (χ0v) is 16.1. The van der Waals surface area contributed by atoms with Crippen molar-refractivity contribution in [3.05, 3.63) is 33.8 Å². The van der Waals surface area contributed by atoms with Gasteiger partial charge >= 0.3 is 6.03 Å². The van der Waals surface area contributed by atoms with Crippen LogP contribution in [0.15, 0.2) is 18.2 Å². The lowest BCUT2D eigenvalue weighted by atomic mass is 9.97. The van der Waals surface area contributed by atoms with Gasteiger partial charge in [0.2, 0.25) is 0 Å². The van der Waals surface area contributed by atoms with E-state index in [1.807, 2.05) is 30.0 Å². The summed E-state index contributed by atoms with van der Waals surface area (Å²) in [5.41, 5.74) is 1.08. The van der Waals surface area contributed by atoms with Gasteiger partial charge in [0.25, 0.3) is 0 Å². The molecule has 8 heteroatoms. The Bertz CT molecular complexity index is 765. The third-order valence-corrected chi connectivity index (χ3v) is 5.62. The number of nitrogens with one attached hydrogen (secondary N) is 1. The summed E-state index contributed by atoms with van der Waals surface area (Å²) in [7, 11) is 3.31. The van der Waals surface area contributed by atoms with Crippen LogP contribution in [0.5, 0.6) is 11.5 Å². The molecule has 140 valence electrons. The van der Waals surface area contributed by atoms with E-state index < -0.39 is 0 Å². The standard InChI is InChI=1S/C18H24N4O3S/c1-4-16-20-21-17(26-16)10-19-18(23)22-8-7-12(11-22)14-9-13(24-2)5-6-15(14)25-3/h5-6,9,12H,4,7-8,10-11H2,1-3H3,(H,19,23). The molecule has 1 N–H and O–H groups in total. The average molecular weight is 376 g/mol. The Morgan fingerprint density at radius 3 is 2.81 bits per heavy atom. The first kappa shape index (κ1) is 18.4. The molecule has 2 amide bonds. The lowest BCUT2D eigenvalue weighted by Crippen LogP contribution is -2.37. The van der Waals surface area contributed by atoms with Gasteiger partial charge in [-0.05, 0) is 31.0 Å². The zero-order chi connectivity index (χ0) is 18.5. The second-order valence-electron chi connectivity index (χ2n) is 6.14. The number of urea groups is 1. The number of nitrogens with zero attached hydrogens (tertiary/aromatic N) is 3. The van der Waals surface area contributed by atoms with E-state index in [0.29, 0.717) is 19.6 Å². The molecule has 26 heavy (non-hydrogen) atoms. The molecule has 2 heterocycles. The lowest BCUT2D eigenvalue weighted by molar-refractivity contribution is 0.207. The molecule has 1 aliphatic heterocycles. The summed E-state index contributed by atoms with van der Waals surface area (Å²) in [6.45, 7) is 3.83. The highest BCUT2D eigenvalue weighted by molar-refractivity contribution is 7.11. The fourth-order valence-corrected chi connectivity index (χ4v) is 3.85. The Morgan fingerprint density at radius 1 is 1.31 bits per heavy atom. The van der Waals surface area contributed by atoms with Gasteiger partial charge in [0.15, 0.2) is 0 Å². The molecule has 1 fully saturated rings. The van der Waals surface area contributed by atoms with Crippen LogP contribution in [0.4, 0.5) is 4.79 Å². The van der Waals surface area contributed by atoms with Crippen molar-refractivity contribution in [1.82, 2.24) is 20.4 Å². The molecule has 1 aromatic carbocycles. The van der Waals surface area contributed by atoms with E-state index in [4.69, 9.17) is 9.47 Å². The number of aromatic nitrogens is 2. The largest absolute Gasteiger partial charge is 0.497 e. The monoisotopic (exact) mass is 376 g/mol. The minimum atomic E-state index is -0.0670. The molecule has 0 aliphatic carbocycles. The van der Waals surface area contributed by atoms with E-state index in [9.17, 15) is 4.79 Å². The Hall–Kier alpha value is -2.35. The molecule has 0 spiro atoms. The van der Waals surface area contributed by atoms with Crippen LogP contribution in [-0.2, 0) is 13.0 Å². The van der Waals surface area contributed by atoms with Crippen LogP contribution in [-0.4, -0.2) is 48.4 Å². The number of rotatable bonds is 6. The molecule has 3 rings (SSSR count). The van der Waals surface area contributed by atoms with Gasteiger partial charge in [0.05, 0.1) is 20.8 Å². The van der Waals surface area contributed by atoms with Crippen molar-refractivity contribution in [2.75, 3.05) is 27.3 Å². The molecule has 0 radical (unpaired) electrons. The van der Waals surface area contributed by atoms with Crippen LogP contribution in [0.25, 0.3) is 0 Å². The Balaban J connectivity index is 1.60. The Morgan fingerprint density at radius 2 is 2.12 bits per heavy atom. The fourth-order valence-electron chi connectivity index (χ4n) is 3.12. The Kier molecular flexibility index (Phi) is 5.92. The van der Waals surface area contributed by atoms with Crippen LogP contribution in [0.1, 0.15) is 34.8 Å². The van der Waals surface area contributed by atoms with Crippen molar-refractivity contribution in [2.45, 2.75) is 32.2 Å². The highest BCUT2D eigenvalue weighted by Gasteiger charge is 2.29. The second-order valence-corrected chi connectivity index (χ2v) is 7.29. The summed E-state index contributed by atoms with van der Waals surface area (Å²) in [4.78, 5) is 14.3. The molecule has 0 saturated carbocycles. The summed E-state index contributed by atoms with van der Waals surface area (Å²) in [6, 6.07) is 5.73. The van der Waals surface area contributed by atoms with E-state index in [0.717, 1.165) is 39.9 Å².